The van der Waals surface area contributed by atoms with Crippen LogP contribution in [-0.4, -0.2) is 31.1 Å². The van der Waals surface area contributed by atoms with Gasteiger partial charge in [-0.05, 0) is 57.9 Å². The van der Waals surface area contributed by atoms with Gasteiger partial charge in [-0.1, -0.05) is 46.0 Å². The van der Waals surface area contributed by atoms with Crippen LogP contribution in [0.3, 0.4) is 0 Å². The van der Waals surface area contributed by atoms with E-state index in [9.17, 15) is 0 Å². The van der Waals surface area contributed by atoms with Gasteiger partial charge in [0.15, 0.2) is 5.79 Å². The third-order valence-electron chi connectivity index (χ3n) is 7.42. The van der Waals surface area contributed by atoms with E-state index in [1.807, 2.05) is 0 Å². The van der Waals surface area contributed by atoms with E-state index in [2.05, 4.69) is 26.1 Å². The highest BCUT2D eigenvalue weighted by Crippen LogP contribution is 2.52. The van der Waals surface area contributed by atoms with E-state index in [4.69, 9.17) is 9.47 Å². The van der Waals surface area contributed by atoms with E-state index in [0.29, 0.717) is 6.04 Å². The van der Waals surface area contributed by atoms with Crippen LogP contribution < -0.4 is 5.32 Å². The highest BCUT2D eigenvalue weighted by atomic mass is 16.7. The van der Waals surface area contributed by atoms with Crippen LogP contribution >= 0.6 is 0 Å². The summed E-state index contributed by atoms with van der Waals surface area (Å²) in [5, 5.41) is 3.72. The van der Waals surface area contributed by atoms with Gasteiger partial charge < -0.3 is 14.8 Å². The summed E-state index contributed by atoms with van der Waals surface area (Å²) in [6.07, 6.45) is 14.7. The molecule has 0 aromatic rings. The number of hydrogen-bond acceptors (Lipinski definition) is 3. The Hall–Kier alpha value is -0.120. The summed E-state index contributed by atoms with van der Waals surface area (Å²) in [6, 6.07) is 0.617. The Balaban J connectivity index is 1.62. The average Bonchev–Trinajstić information content (AvgIpc) is 2.82. The highest BCUT2D eigenvalue weighted by Gasteiger charge is 2.54. The molecule has 1 saturated carbocycles. The van der Waals surface area contributed by atoms with Gasteiger partial charge in [0, 0.05) is 11.5 Å². The van der Waals surface area contributed by atoms with Gasteiger partial charge in [-0.2, -0.15) is 0 Å². The first-order valence-electron chi connectivity index (χ1n) is 10.6. The maximum atomic E-state index is 6.64. The molecule has 1 N–H and O–H groups in total. The maximum Gasteiger partial charge on any atom is 0.171 e. The van der Waals surface area contributed by atoms with Crippen molar-refractivity contribution < 1.29 is 9.47 Å². The van der Waals surface area contributed by atoms with Crippen molar-refractivity contribution in [3.05, 3.63) is 0 Å². The molecule has 4 unspecified atom stereocenters. The molecule has 4 atom stereocenters. The monoisotopic (exact) mass is 337 g/mol. The molecule has 3 rings (SSSR count). The fraction of sp³-hybridized carbons (Fsp3) is 1.00. The minimum absolute atomic E-state index is 0.138. The van der Waals surface area contributed by atoms with E-state index in [-0.39, 0.29) is 11.5 Å². The number of ether oxygens (including phenoxy) is 2. The van der Waals surface area contributed by atoms with E-state index < -0.39 is 5.79 Å². The predicted octanol–water partition coefficient (Wildman–Crippen LogP) is 5.04. The summed E-state index contributed by atoms with van der Waals surface area (Å²) in [6.45, 7) is 8.93. The summed E-state index contributed by atoms with van der Waals surface area (Å²) < 4.78 is 13.0. The van der Waals surface area contributed by atoms with Crippen molar-refractivity contribution in [2.45, 2.75) is 109 Å². The van der Waals surface area contributed by atoms with Crippen molar-refractivity contribution in [2.24, 2.45) is 11.3 Å². The second-order valence-electron chi connectivity index (χ2n) is 8.84. The van der Waals surface area contributed by atoms with Gasteiger partial charge >= 0.3 is 0 Å². The zero-order chi connectivity index (χ0) is 17.0. The van der Waals surface area contributed by atoms with E-state index in [0.717, 1.165) is 25.4 Å². The van der Waals surface area contributed by atoms with Gasteiger partial charge in [0.1, 0.15) is 0 Å². The predicted molar refractivity (Wildman–Crippen MR) is 99.1 cm³/mol. The molecule has 3 fully saturated rings. The summed E-state index contributed by atoms with van der Waals surface area (Å²) in [7, 11) is 0. The van der Waals surface area contributed by atoms with Crippen LogP contribution in [0.15, 0.2) is 0 Å². The van der Waals surface area contributed by atoms with Crippen LogP contribution in [0.4, 0.5) is 0 Å². The first-order chi connectivity index (χ1) is 11.6. The second-order valence-corrected chi connectivity index (χ2v) is 8.84. The average molecular weight is 338 g/mol. The van der Waals surface area contributed by atoms with Crippen LogP contribution in [0.25, 0.3) is 0 Å². The molecule has 0 aromatic heterocycles. The largest absolute Gasteiger partial charge is 0.347 e. The molecule has 1 aliphatic carbocycles. The molecule has 140 valence electrons. The molecule has 0 radical (unpaired) electrons. The normalized spacial score (nSPS) is 38.6. The lowest BCUT2D eigenvalue weighted by Crippen LogP contribution is -2.50. The van der Waals surface area contributed by atoms with Crippen molar-refractivity contribution in [3.8, 4) is 0 Å². The highest BCUT2D eigenvalue weighted by molar-refractivity contribution is 4.97. The molecule has 24 heavy (non-hydrogen) atoms. The first-order valence-corrected chi connectivity index (χ1v) is 10.6. The van der Waals surface area contributed by atoms with Gasteiger partial charge in [0.05, 0.1) is 12.7 Å². The fourth-order valence-electron chi connectivity index (χ4n) is 5.39. The molecule has 0 aromatic carbocycles. The lowest BCUT2D eigenvalue weighted by atomic mass is 9.64. The molecule has 2 saturated heterocycles. The Morgan fingerprint density at radius 1 is 1.04 bits per heavy atom. The summed E-state index contributed by atoms with van der Waals surface area (Å²) in [5.41, 5.74) is 0.138. The lowest BCUT2D eigenvalue weighted by Gasteiger charge is -2.48. The van der Waals surface area contributed by atoms with E-state index >= 15 is 0 Å². The van der Waals surface area contributed by atoms with Crippen LogP contribution in [0.2, 0.25) is 0 Å². The SMILES string of the molecule is CCC(C)(C1CCCCC1)C1(C)OCC(CC2CCCCCN2)O1. The summed E-state index contributed by atoms with van der Waals surface area (Å²) in [5.74, 6) is 0.343. The third-order valence-corrected chi connectivity index (χ3v) is 7.42. The third kappa shape index (κ3) is 3.83. The van der Waals surface area contributed by atoms with Crippen molar-refractivity contribution in [2.75, 3.05) is 13.2 Å². The van der Waals surface area contributed by atoms with Crippen LogP contribution in [0.5, 0.6) is 0 Å². The summed E-state index contributed by atoms with van der Waals surface area (Å²) in [4.78, 5) is 0. The topological polar surface area (TPSA) is 30.5 Å². The number of hydrogen-bond donors (Lipinski definition) is 1. The van der Waals surface area contributed by atoms with Crippen LogP contribution in [-0.2, 0) is 9.47 Å². The minimum Gasteiger partial charge on any atom is -0.347 e. The van der Waals surface area contributed by atoms with Crippen molar-refractivity contribution in [1.82, 2.24) is 5.32 Å². The van der Waals surface area contributed by atoms with E-state index in [1.54, 1.807) is 0 Å². The molecule has 3 nitrogen and oxygen atoms in total. The Labute approximate surface area is 149 Å². The van der Waals surface area contributed by atoms with Crippen LogP contribution in [0, 0.1) is 11.3 Å². The second kappa shape index (κ2) is 8.05. The Bertz CT molecular complexity index is 387. The van der Waals surface area contributed by atoms with Gasteiger partial charge in [-0.3, -0.25) is 0 Å². The molecule has 2 aliphatic heterocycles. The molecule has 3 aliphatic rings. The van der Waals surface area contributed by atoms with Gasteiger partial charge in [0.25, 0.3) is 0 Å². The minimum atomic E-state index is -0.404. The molecule has 0 bridgehead atoms. The standard InChI is InChI=1S/C21H39NO2/c1-4-20(2,17-11-7-5-8-12-17)21(3)23-16-19(24-21)15-18-13-9-6-10-14-22-18/h17-19,22H,4-16H2,1-3H3. The Kier molecular flexibility index (Phi) is 6.26. The zero-order valence-electron chi connectivity index (χ0n) is 16.2. The van der Waals surface area contributed by atoms with Crippen molar-refractivity contribution >= 4 is 0 Å². The molecular formula is C21H39NO2. The molecular weight excluding hydrogens is 298 g/mol. The van der Waals surface area contributed by atoms with Crippen molar-refractivity contribution in [3.63, 3.8) is 0 Å². The first kappa shape index (κ1) is 18.7. The molecule has 3 heteroatoms. The van der Waals surface area contributed by atoms with Gasteiger partial charge in [-0.25, -0.2) is 0 Å². The smallest absolute Gasteiger partial charge is 0.171 e. The van der Waals surface area contributed by atoms with E-state index in [1.165, 1.54) is 64.3 Å². The van der Waals surface area contributed by atoms with Crippen molar-refractivity contribution in [1.29, 1.82) is 0 Å². The number of nitrogens with one attached hydrogen (secondary N) is 1. The maximum absolute atomic E-state index is 6.64. The van der Waals surface area contributed by atoms with Crippen LogP contribution in [0.1, 0.15) is 91.4 Å². The summed E-state index contributed by atoms with van der Waals surface area (Å²) >= 11 is 0. The zero-order valence-corrected chi connectivity index (χ0v) is 16.2. The Morgan fingerprint density at radius 2 is 1.75 bits per heavy atom. The molecule has 0 spiro atoms. The molecule has 2 heterocycles. The Morgan fingerprint density at radius 3 is 2.50 bits per heavy atom. The van der Waals surface area contributed by atoms with Gasteiger partial charge in [0.2, 0.25) is 0 Å². The quantitative estimate of drug-likeness (QED) is 0.762. The lowest BCUT2D eigenvalue weighted by molar-refractivity contribution is -0.249. The number of rotatable bonds is 5. The fourth-order valence-corrected chi connectivity index (χ4v) is 5.39. The van der Waals surface area contributed by atoms with Gasteiger partial charge in [-0.15, -0.1) is 0 Å². The molecule has 0 amide bonds.